The molecule has 6 heteroatoms. The first-order valence-corrected chi connectivity index (χ1v) is 6.61. The first-order chi connectivity index (χ1) is 9.15. The van der Waals surface area contributed by atoms with Crippen LogP contribution < -0.4 is 10.6 Å². The topological polar surface area (TPSA) is 80.8 Å². The minimum atomic E-state index is 0.207. The van der Waals surface area contributed by atoms with Gasteiger partial charge in [0.05, 0.1) is 11.4 Å². The van der Waals surface area contributed by atoms with Crippen molar-refractivity contribution in [2.45, 2.75) is 32.7 Å². The molecule has 2 aromatic rings. The highest BCUT2D eigenvalue weighted by atomic mass is 15.2. The highest BCUT2D eigenvalue weighted by molar-refractivity contribution is 5.82. The standard InChI is InChI=1S/C13H18N6/c1-8-9(2)18-12-11(17-8)13(16-7-15-12)19-5-3-4-10(14)6-19/h7,10H,3-6,14H2,1-2H3. The Morgan fingerprint density at radius 2 is 2.00 bits per heavy atom. The van der Waals surface area contributed by atoms with Crippen LogP contribution in [0.2, 0.25) is 0 Å². The van der Waals surface area contributed by atoms with Crippen molar-refractivity contribution < 1.29 is 0 Å². The predicted molar refractivity (Wildman–Crippen MR) is 74.0 cm³/mol. The van der Waals surface area contributed by atoms with Crippen molar-refractivity contribution in [2.75, 3.05) is 18.0 Å². The van der Waals surface area contributed by atoms with Crippen molar-refractivity contribution in [1.82, 2.24) is 19.9 Å². The van der Waals surface area contributed by atoms with Crippen LogP contribution in [0.25, 0.3) is 11.2 Å². The summed E-state index contributed by atoms with van der Waals surface area (Å²) in [7, 11) is 0. The summed E-state index contributed by atoms with van der Waals surface area (Å²) in [5.41, 5.74) is 9.31. The Kier molecular flexibility index (Phi) is 3.02. The summed E-state index contributed by atoms with van der Waals surface area (Å²) in [6, 6.07) is 0.207. The molecule has 2 aromatic heterocycles. The highest BCUT2D eigenvalue weighted by Crippen LogP contribution is 2.23. The van der Waals surface area contributed by atoms with Gasteiger partial charge in [-0.15, -0.1) is 0 Å². The van der Waals surface area contributed by atoms with Gasteiger partial charge in [-0.3, -0.25) is 0 Å². The van der Waals surface area contributed by atoms with Gasteiger partial charge in [-0.1, -0.05) is 0 Å². The summed E-state index contributed by atoms with van der Waals surface area (Å²) in [5, 5.41) is 0. The normalized spacial score (nSPS) is 19.9. The van der Waals surface area contributed by atoms with Crippen LogP contribution in [0.15, 0.2) is 6.33 Å². The maximum atomic E-state index is 6.04. The van der Waals surface area contributed by atoms with E-state index in [-0.39, 0.29) is 6.04 Å². The van der Waals surface area contributed by atoms with Gasteiger partial charge in [-0.25, -0.2) is 19.9 Å². The summed E-state index contributed by atoms with van der Waals surface area (Å²) < 4.78 is 0. The molecule has 1 unspecified atom stereocenters. The lowest BCUT2D eigenvalue weighted by Crippen LogP contribution is -2.43. The molecule has 2 N–H and O–H groups in total. The summed E-state index contributed by atoms with van der Waals surface area (Å²) in [6.07, 6.45) is 3.72. The van der Waals surface area contributed by atoms with Gasteiger partial charge in [0.15, 0.2) is 17.0 Å². The zero-order chi connectivity index (χ0) is 13.4. The fraction of sp³-hybridized carbons (Fsp3) is 0.538. The van der Waals surface area contributed by atoms with Crippen LogP contribution in [-0.2, 0) is 0 Å². The molecule has 0 radical (unpaired) electrons. The lowest BCUT2D eigenvalue weighted by molar-refractivity contribution is 0.504. The van der Waals surface area contributed by atoms with E-state index >= 15 is 0 Å². The molecule has 0 amide bonds. The maximum absolute atomic E-state index is 6.04. The van der Waals surface area contributed by atoms with Crippen molar-refractivity contribution in [3.63, 3.8) is 0 Å². The molecule has 6 nitrogen and oxygen atoms in total. The van der Waals surface area contributed by atoms with Gasteiger partial charge in [0.1, 0.15) is 6.33 Å². The molecular weight excluding hydrogens is 240 g/mol. The number of aromatic nitrogens is 4. The van der Waals surface area contributed by atoms with E-state index in [2.05, 4.69) is 24.8 Å². The first kappa shape index (κ1) is 12.2. The molecule has 1 aliphatic rings. The molecule has 1 aliphatic heterocycles. The van der Waals surface area contributed by atoms with Crippen molar-refractivity contribution in [2.24, 2.45) is 5.73 Å². The van der Waals surface area contributed by atoms with E-state index in [0.29, 0.717) is 5.65 Å². The number of nitrogens with zero attached hydrogens (tertiary/aromatic N) is 5. The van der Waals surface area contributed by atoms with E-state index in [1.807, 2.05) is 13.8 Å². The second-order valence-electron chi connectivity index (χ2n) is 5.11. The fourth-order valence-corrected chi connectivity index (χ4v) is 2.46. The third-order valence-electron chi connectivity index (χ3n) is 3.62. The Morgan fingerprint density at radius 1 is 1.21 bits per heavy atom. The molecule has 1 fully saturated rings. The molecule has 1 saturated heterocycles. The van der Waals surface area contributed by atoms with Crippen LogP contribution in [0.4, 0.5) is 5.82 Å². The number of anilines is 1. The summed E-state index contributed by atoms with van der Waals surface area (Å²) in [4.78, 5) is 19.9. The Labute approximate surface area is 112 Å². The van der Waals surface area contributed by atoms with Crippen LogP contribution in [0.3, 0.4) is 0 Å². The Bertz CT molecular complexity index is 611. The van der Waals surface area contributed by atoms with E-state index in [9.17, 15) is 0 Å². The molecular formula is C13H18N6. The van der Waals surface area contributed by atoms with E-state index in [4.69, 9.17) is 5.73 Å². The van der Waals surface area contributed by atoms with Crippen LogP contribution in [0.1, 0.15) is 24.2 Å². The largest absolute Gasteiger partial charge is 0.353 e. The van der Waals surface area contributed by atoms with Gasteiger partial charge in [0.2, 0.25) is 0 Å². The molecule has 0 aliphatic carbocycles. The number of rotatable bonds is 1. The molecule has 0 saturated carbocycles. The van der Waals surface area contributed by atoms with Gasteiger partial charge in [0.25, 0.3) is 0 Å². The van der Waals surface area contributed by atoms with Crippen LogP contribution in [0, 0.1) is 13.8 Å². The molecule has 0 spiro atoms. The smallest absolute Gasteiger partial charge is 0.183 e. The van der Waals surface area contributed by atoms with E-state index in [0.717, 1.165) is 48.7 Å². The number of hydrogen-bond acceptors (Lipinski definition) is 6. The SMILES string of the molecule is Cc1nc2ncnc(N3CCCC(N)C3)c2nc1C. The quantitative estimate of drug-likeness (QED) is 0.820. The lowest BCUT2D eigenvalue weighted by atomic mass is 10.1. The van der Waals surface area contributed by atoms with Gasteiger partial charge < -0.3 is 10.6 Å². The van der Waals surface area contributed by atoms with E-state index < -0.39 is 0 Å². The molecule has 0 bridgehead atoms. The number of aryl methyl sites for hydroxylation is 2. The lowest BCUT2D eigenvalue weighted by Gasteiger charge is -2.31. The number of piperidine rings is 1. The second kappa shape index (κ2) is 4.70. The van der Waals surface area contributed by atoms with Gasteiger partial charge >= 0.3 is 0 Å². The minimum Gasteiger partial charge on any atom is -0.353 e. The Hall–Kier alpha value is -1.82. The first-order valence-electron chi connectivity index (χ1n) is 6.61. The van der Waals surface area contributed by atoms with Crippen molar-refractivity contribution in [1.29, 1.82) is 0 Å². The number of fused-ring (bicyclic) bond motifs is 1. The van der Waals surface area contributed by atoms with E-state index in [1.54, 1.807) is 6.33 Å². The van der Waals surface area contributed by atoms with E-state index in [1.165, 1.54) is 0 Å². The number of hydrogen-bond donors (Lipinski definition) is 1. The molecule has 1 atom stereocenters. The minimum absolute atomic E-state index is 0.207. The molecule has 100 valence electrons. The molecule has 0 aromatic carbocycles. The van der Waals surface area contributed by atoms with Gasteiger partial charge in [-0.2, -0.15) is 0 Å². The monoisotopic (exact) mass is 258 g/mol. The van der Waals surface area contributed by atoms with Crippen molar-refractivity contribution in [3.05, 3.63) is 17.7 Å². The average molecular weight is 258 g/mol. The van der Waals surface area contributed by atoms with Crippen LogP contribution in [0.5, 0.6) is 0 Å². The summed E-state index contributed by atoms with van der Waals surface area (Å²) in [5.74, 6) is 0.857. The van der Waals surface area contributed by atoms with Gasteiger partial charge in [-0.05, 0) is 26.7 Å². The second-order valence-corrected chi connectivity index (χ2v) is 5.11. The predicted octanol–water partition coefficient (Wildman–Crippen LogP) is 0.964. The fourth-order valence-electron chi connectivity index (χ4n) is 2.46. The van der Waals surface area contributed by atoms with Crippen LogP contribution >= 0.6 is 0 Å². The summed E-state index contributed by atoms with van der Waals surface area (Å²) >= 11 is 0. The average Bonchev–Trinajstić information content (AvgIpc) is 2.39. The third-order valence-corrected chi connectivity index (χ3v) is 3.62. The summed E-state index contributed by atoms with van der Waals surface area (Å²) in [6.45, 7) is 5.69. The highest BCUT2D eigenvalue weighted by Gasteiger charge is 2.21. The third kappa shape index (κ3) is 2.23. The molecule has 19 heavy (non-hydrogen) atoms. The Balaban J connectivity index is 2.10. The Morgan fingerprint density at radius 3 is 2.79 bits per heavy atom. The van der Waals surface area contributed by atoms with Crippen molar-refractivity contribution >= 4 is 17.0 Å². The maximum Gasteiger partial charge on any atom is 0.183 e. The molecule has 3 rings (SSSR count). The zero-order valence-corrected chi connectivity index (χ0v) is 11.3. The zero-order valence-electron chi connectivity index (χ0n) is 11.3. The molecule has 3 heterocycles. The van der Waals surface area contributed by atoms with Gasteiger partial charge in [0, 0.05) is 19.1 Å². The van der Waals surface area contributed by atoms with Crippen LogP contribution in [-0.4, -0.2) is 39.1 Å². The van der Waals surface area contributed by atoms with Crippen molar-refractivity contribution in [3.8, 4) is 0 Å². The number of nitrogens with two attached hydrogens (primary N) is 1.